The molecule has 1 aromatic heterocycles. The number of carbonyl (C=O) groups is 2. The number of carboxylic acid groups (broad SMARTS) is 1. The number of alkyl halides is 3. The molecule has 0 aromatic carbocycles. The van der Waals surface area contributed by atoms with Crippen LogP contribution in [0, 0.1) is 11.8 Å². The van der Waals surface area contributed by atoms with Gasteiger partial charge in [0.05, 0.1) is 11.5 Å². The predicted molar refractivity (Wildman–Crippen MR) is 67.5 cm³/mol. The molecule has 0 bridgehead atoms. The van der Waals surface area contributed by atoms with Gasteiger partial charge in [0.15, 0.2) is 0 Å². The number of amides is 1. The number of pyridine rings is 1. The van der Waals surface area contributed by atoms with Crippen molar-refractivity contribution in [1.82, 2.24) is 10.3 Å². The van der Waals surface area contributed by atoms with E-state index in [1.807, 2.05) is 0 Å². The summed E-state index contributed by atoms with van der Waals surface area (Å²) in [6, 6.07) is 1.70. The van der Waals surface area contributed by atoms with Crippen LogP contribution in [0.5, 0.6) is 0 Å². The van der Waals surface area contributed by atoms with Gasteiger partial charge < -0.3 is 10.4 Å². The van der Waals surface area contributed by atoms with E-state index in [0.29, 0.717) is 6.07 Å². The number of rotatable bonds is 5. The third-order valence-electron chi connectivity index (χ3n) is 2.92. The molecule has 2 N–H and O–H groups in total. The van der Waals surface area contributed by atoms with Gasteiger partial charge in [-0.2, -0.15) is 13.2 Å². The average Bonchev–Trinajstić information content (AvgIpc) is 2.37. The van der Waals surface area contributed by atoms with Gasteiger partial charge in [-0.25, -0.2) is 0 Å². The van der Waals surface area contributed by atoms with Crippen molar-refractivity contribution >= 4 is 11.9 Å². The van der Waals surface area contributed by atoms with Gasteiger partial charge in [0, 0.05) is 12.7 Å². The van der Waals surface area contributed by atoms with Crippen LogP contribution in [0.3, 0.4) is 0 Å². The topological polar surface area (TPSA) is 79.3 Å². The Morgan fingerprint density at radius 3 is 2.33 bits per heavy atom. The van der Waals surface area contributed by atoms with E-state index in [-0.39, 0.29) is 18.0 Å². The SMILES string of the molecule is CC(C)C(CNC(=O)c1ccc(C(F)(F)F)nc1)C(=O)O. The summed E-state index contributed by atoms with van der Waals surface area (Å²) in [7, 11) is 0. The Balaban J connectivity index is 2.70. The van der Waals surface area contributed by atoms with E-state index in [2.05, 4.69) is 10.3 Å². The number of hydrogen-bond donors (Lipinski definition) is 2. The molecule has 1 rings (SSSR count). The molecule has 5 nitrogen and oxygen atoms in total. The van der Waals surface area contributed by atoms with E-state index in [1.54, 1.807) is 13.8 Å². The van der Waals surface area contributed by atoms with Crippen molar-refractivity contribution in [2.45, 2.75) is 20.0 Å². The number of halogens is 3. The molecule has 0 aliphatic rings. The third-order valence-corrected chi connectivity index (χ3v) is 2.92. The lowest BCUT2D eigenvalue weighted by atomic mass is 9.96. The van der Waals surface area contributed by atoms with Gasteiger partial charge in [0.25, 0.3) is 5.91 Å². The lowest BCUT2D eigenvalue weighted by Gasteiger charge is -2.16. The highest BCUT2D eigenvalue weighted by molar-refractivity contribution is 5.94. The van der Waals surface area contributed by atoms with E-state index in [0.717, 1.165) is 12.3 Å². The zero-order valence-electron chi connectivity index (χ0n) is 11.4. The van der Waals surface area contributed by atoms with E-state index < -0.39 is 29.7 Å². The molecule has 116 valence electrons. The maximum atomic E-state index is 12.3. The summed E-state index contributed by atoms with van der Waals surface area (Å²) in [5.74, 6) is -2.66. The van der Waals surface area contributed by atoms with Gasteiger partial charge in [-0.1, -0.05) is 13.8 Å². The largest absolute Gasteiger partial charge is 0.481 e. The van der Waals surface area contributed by atoms with Gasteiger partial charge >= 0.3 is 12.1 Å². The smallest absolute Gasteiger partial charge is 0.433 e. The van der Waals surface area contributed by atoms with Crippen LogP contribution in [-0.4, -0.2) is 28.5 Å². The lowest BCUT2D eigenvalue weighted by Crippen LogP contribution is -2.35. The number of nitrogens with zero attached hydrogens (tertiary/aromatic N) is 1. The molecule has 21 heavy (non-hydrogen) atoms. The fraction of sp³-hybridized carbons (Fsp3) is 0.462. The maximum absolute atomic E-state index is 12.3. The number of carboxylic acids is 1. The van der Waals surface area contributed by atoms with Gasteiger partial charge in [0.2, 0.25) is 0 Å². The Morgan fingerprint density at radius 2 is 1.95 bits per heavy atom. The van der Waals surface area contributed by atoms with Crippen LogP contribution >= 0.6 is 0 Å². The third kappa shape index (κ3) is 4.73. The Kier molecular flexibility index (Phi) is 5.28. The molecular formula is C13H15F3N2O3. The normalized spacial score (nSPS) is 13.0. The minimum absolute atomic E-state index is 0.0594. The first-order valence-corrected chi connectivity index (χ1v) is 6.17. The Morgan fingerprint density at radius 1 is 1.33 bits per heavy atom. The molecule has 0 aliphatic carbocycles. The fourth-order valence-corrected chi connectivity index (χ4v) is 1.61. The Bertz CT molecular complexity index is 512. The summed E-state index contributed by atoms with van der Waals surface area (Å²) >= 11 is 0. The zero-order chi connectivity index (χ0) is 16.2. The highest BCUT2D eigenvalue weighted by Gasteiger charge is 2.32. The summed E-state index contributed by atoms with van der Waals surface area (Å²) in [5.41, 5.74) is -1.15. The van der Waals surface area contributed by atoms with Crippen molar-refractivity contribution in [2.24, 2.45) is 11.8 Å². The second-order valence-corrected chi connectivity index (χ2v) is 4.83. The Hall–Kier alpha value is -2.12. The van der Waals surface area contributed by atoms with Crippen LogP contribution in [0.25, 0.3) is 0 Å². The van der Waals surface area contributed by atoms with Gasteiger partial charge in [0.1, 0.15) is 5.69 Å². The molecule has 1 aromatic rings. The zero-order valence-corrected chi connectivity index (χ0v) is 11.4. The monoisotopic (exact) mass is 304 g/mol. The number of hydrogen-bond acceptors (Lipinski definition) is 3. The summed E-state index contributed by atoms with van der Waals surface area (Å²) in [6.07, 6.45) is -3.76. The molecule has 0 saturated carbocycles. The predicted octanol–water partition coefficient (Wildman–Crippen LogP) is 2.19. The summed E-state index contributed by atoms with van der Waals surface area (Å²) in [6.45, 7) is 3.29. The molecule has 0 aliphatic heterocycles. The lowest BCUT2D eigenvalue weighted by molar-refractivity contribution is -0.143. The van der Waals surface area contributed by atoms with Crippen molar-refractivity contribution in [3.05, 3.63) is 29.6 Å². The number of carbonyl (C=O) groups excluding carboxylic acids is 1. The van der Waals surface area contributed by atoms with Crippen LogP contribution < -0.4 is 5.32 Å². The number of aromatic nitrogens is 1. The van der Waals surface area contributed by atoms with Crippen molar-refractivity contribution < 1.29 is 27.9 Å². The van der Waals surface area contributed by atoms with E-state index in [9.17, 15) is 22.8 Å². The van der Waals surface area contributed by atoms with Crippen molar-refractivity contribution in [3.63, 3.8) is 0 Å². The van der Waals surface area contributed by atoms with Gasteiger partial charge in [-0.05, 0) is 18.1 Å². The molecule has 1 heterocycles. The first-order valence-electron chi connectivity index (χ1n) is 6.17. The summed E-state index contributed by atoms with van der Waals surface area (Å²) in [5, 5.41) is 11.3. The number of nitrogens with one attached hydrogen (secondary N) is 1. The van der Waals surface area contributed by atoms with Crippen molar-refractivity contribution in [1.29, 1.82) is 0 Å². The fourth-order valence-electron chi connectivity index (χ4n) is 1.61. The van der Waals surface area contributed by atoms with Crippen LogP contribution in [-0.2, 0) is 11.0 Å². The number of aliphatic carboxylic acids is 1. The summed E-state index contributed by atoms with van der Waals surface area (Å²) < 4.78 is 37.0. The molecule has 1 atom stereocenters. The second kappa shape index (κ2) is 6.55. The average molecular weight is 304 g/mol. The highest BCUT2D eigenvalue weighted by Crippen LogP contribution is 2.27. The molecule has 0 spiro atoms. The van der Waals surface area contributed by atoms with Crippen molar-refractivity contribution in [3.8, 4) is 0 Å². The van der Waals surface area contributed by atoms with Crippen LogP contribution in [0.1, 0.15) is 29.9 Å². The van der Waals surface area contributed by atoms with Crippen LogP contribution in [0.4, 0.5) is 13.2 Å². The molecule has 0 saturated heterocycles. The molecule has 0 radical (unpaired) electrons. The molecular weight excluding hydrogens is 289 g/mol. The molecule has 1 amide bonds. The van der Waals surface area contributed by atoms with Crippen LogP contribution in [0.15, 0.2) is 18.3 Å². The van der Waals surface area contributed by atoms with Crippen LogP contribution in [0.2, 0.25) is 0 Å². The highest BCUT2D eigenvalue weighted by atomic mass is 19.4. The Labute approximate surface area is 119 Å². The van der Waals surface area contributed by atoms with E-state index >= 15 is 0 Å². The standard InChI is InChI=1S/C13H15F3N2O3/c1-7(2)9(12(20)21)6-18-11(19)8-3-4-10(17-5-8)13(14,15)16/h3-5,7,9H,6H2,1-2H3,(H,18,19)(H,20,21). The minimum atomic E-state index is -4.57. The quantitative estimate of drug-likeness (QED) is 0.874. The first kappa shape index (κ1) is 16.9. The second-order valence-electron chi connectivity index (χ2n) is 4.83. The van der Waals surface area contributed by atoms with Gasteiger partial charge in [-0.15, -0.1) is 0 Å². The maximum Gasteiger partial charge on any atom is 0.433 e. The molecule has 1 unspecified atom stereocenters. The van der Waals surface area contributed by atoms with Crippen molar-refractivity contribution in [2.75, 3.05) is 6.54 Å². The van der Waals surface area contributed by atoms with E-state index in [4.69, 9.17) is 5.11 Å². The van der Waals surface area contributed by atoms with Gasteiger partial charge in [-0.3, -0.25) is 14.6 Å². The molecule has 0 fully saturated rings. The summed E-state index contributed by atoms with van der Waals surface area (Å²) in [4.78, 5) is 25.9. The first-order chi connectivity index (χ1) is 9.62. The molecule has 8 heteroatoms. The minimum Gasteiger partial charge on any atom is -0.481 e. The van der Waals surface area contributed by atoms with E-state index in [1.165, 1.54) is 0 Å².